The summed E-state index contributed by atoms with van der Waals surface area (Å²) in [6.45, 7) is 1.59. The Morgan fingerprint density at radius 3 is 2.72 bits per heavy atom. The van der Waals surface area contributed by atoms with Crippen molar-refractivity contribution in [2.24, 2.45) is 5.10 Å². The number of benzene rings is 1. The van der Waals surface area contributed by atoms with Gasteiger partial charge in [-0.1, -0.05) is 28.1 Å². The van der Waals surface area contributed by atoms with Crippen molar-refractivity contribution in [3.63, 3.8) is 0 Å². The number of carbonyl (C=O) groups is 1. The summed E-state index contributed by atoms with van der Waals surface area (Å²) >= 11 is 6.80. The lowest BCUT2D eigenvalue weighted by atomic mass is 10.1. The van der Waals surface area contributed by atoms with E-state index in [0.717, 1.165) is 10.0 Å². The average Bonchev–Trinajstić information content (AvgIpc) is 3.25. The Morgan fingerprint density at radius 1 is 1.28 bits per heavy atom. The van der Waals surface area contributed by atoms with E-state index in [-0.39, 0.29) is 24.7 Å². The molecule has 0 fully saturated rings. The maximum atomic E-state index is 12.1. The number of amides is 1. The first-order valence-corrected chi connectivity index (χ1v) is 10.9. The monoisotopic (exact) mass is 560 g/mol. The number of nitrogens with zero attached hydrogens (tertiary/aromatic N) is 3. The van der Waals surface area contributed by atoms with Gasteiger partial charge in [0.25, 0.3) is 5.91 Å². The molecule has 10 heteroatoms. The summed E-state index contributed by atoms with van der Waals surface area (Å²) in [7, 11) is 1.52. The van der Waals surface area contributed by atoms with Crippen molar-refractivity contribution in [2.75, 3.05) is 13.7 Å². The molecule has 2 aromatic heterocycles. The van der Waals surface area contributed by atoms with Gasteiger partial charge in [0.15, 0.2) is 6.61 Å². The number of hydrogen-bond donors (Lipinski definition) is 1. The summed E-state index contributed by atoms with van der Waals surface area (Å²) in [4.78, 5) is 16.3. The molecule has 0 saturated heterocycles. The van der Waals surface area contributed by atoms with Gasteiger partial charge >= 0.3 is 0 Å². The number of nitriles is 1. The number of carbonyl (C=O) groups excluding carboxylic acids is 1. The number of pyridine rings is 1. The molecule has 0 unspecified atom stereocenters. The largest absolute Gasteiger partial charge is 0.467 e. The topological polar surface area (TPSA) is 110 Å². The average molecular weight is 562 g/mol. The van der Waals surface area contributed by atoms with Crippen molar-refractivity contribution < 1.29 is 18.7 Å². The van der Waals surface area contributed by atoms with Gasteiger partial charge in [0.05, 0.1) is 18.5 Å². The smallest absolute Gasteiger partial charge is 0.278 e. The standard InChI is InChI=1S/C22H18Br2N4O4/c1-13-21(24)18(11-30-2)17(9-25)22(27-13)31-12-20(29)28-26-10-16-7-8-19(32-16)14-3-5-15(23)6-4-14/h3-8,10H,11-12H2,1-2H3,(H,28,29)/b26-10+. The SMILES string of the molecule is COCc1c(Br)c(C)nc(OCC(=O)N/N=C/c2ccc(-c3ccc(Br)cc3)o2)c1C#N. The Hall–Kier alpha value is -3.00. The number of rotatable bonds is 8. The molecule has 1 N–H and O–H groups in total. The van der Waals surface area contributed by atoms with Crippen LogP contribution in [0.1, 0.15) is 22.6 Å². The molecule has 32 heavy (non-hydrogen) atoms. The number of methoxy groups -OCH3 is 1. The molecule has 0 saturated carbocycles. The predicted octanol–water partition coefficient (Wildman–Crippen LogP) is 4.72. The number of aryl methyl sites for hydroxylation is 1. The molecule has 2 heterocycles. The highest BCUT2D eigenvalue weighted by Crippen LogP contribution is 2.30. The lowest BCUT2D eigenvalue weighted by molar-refractivity contribution is -0.123. The first-order valence-electron chi connectivity index (χ1n) is 9.31. The molecule has 0 radical (unpaired) electrons. The Labute approximate surface area is 201 Å². The Bertz CT molecular complexity index is 1180. The first-order chi connectivity index (χ1) is 15.4. The number of hydrogen-bond acceptors (Lipinski definition) is 7. The number of aromatic nitrogens is 1. The van der Waals surface area contributed by atoms with Gasteiger partial charge in [0, 0.05) is 27.2 Å². The normalized spacial score (nSPS) is 10.8. The van der Waals surface area contributed by atoms with Crippen LogP contribution in [0.25, 0.3) is 11.3 Å². The molecular formula is C22H18Br2N4O4. The molecule has 8 nitrogen and oxygen atoms in total. The first kappa shape index (κ1) is 23.7. The third-order valence-electron chi connectivity index (χ3n) is 4.24. The molecule has 0 aliphatic rings. The molecule has 0 spiro atoms. The van der Waals surface area contributed by atoms with Crippen LogP contribution in [-0.2, 0) is 16.1 Å². The van der Waals surface area contributed by atoms with E-state index in [1.165, 1.54) is 13.3 Å². The molecule has 0 bridgehead atoms. The van der Waals surface area contributed by atoms with Crippen LogP contribution >= 0.6 is 31.9 Å². The summed E-state index contributed by atoms with van der Waals surface area (Å²) in [6, 6.07) is 13.3. The van der Waals surface area contributed by atoms with Gasteiger partial charge in [0.2, 0.25) is 5.88 Å². The maximum Gasteiger partial charge on any atom is 0.278 e. The number of hydrazone groups is 1. The zero-order valence-electron chi connectivity index (χ0n) is 17.2. The van der Waals surface area contributed by atoms with Crippen molar-refractivity contribution in [3.05, 3.63) is 67.9 Å². The van der Waals surface area contributed by atoms with Crippen LogP contribution in [0.15, 0.2) is 54.9 Å². The van der Waals surface area contributed by atoms with Crippen LogP contribution in [0, 0.1) is 18.3 Å². The van der Waals surface area contributed by atoms with Gasteiger partial charge < -0.3 is 13.9 Å². The molecule has 1 amide bonds. The lowest BCUT2D eigenvalue weighted by Gasteiger charge is -2.13. The Balaban J connectivity index is 1.60. The fourth-order valence-corrected chi connectivity index (χ4v) is 3.41. The zero-order valence-corrected chi connectivity index (χ0v) is 20.4. The number of ether oxygens (including phenoxy) is 2. The van der Waals surface area contributed by atoms with Crippen LogP contribution in [0.3, 0.4) is 0 Å². The molecule has 3 aromatic rings. The van der Waals surface area contributed by atoms with Crippen LogP contribution in [-0.4, -0.2) is 30.8 Å². The molecule has 1 aromatic carbocycles. The molecule has 0 atom stereocenters. The highest BCUT2D eigenvalue weighted by Gasteiger charge is 2.18. The van der Waals surface area contributed by atoms with Crippen molar-refractivity contribution >= 4 is 44.0 Å². The second-order valence-electron chi connectivity index (χ2n) is 6.51. The highest BCUT2D eigenvalue weighted by atomic mass is 79.9. The van der Waals surface area contributed by atoms with E-state index in [0.29, 0.717) is 27.3 Å². The highest BCUT2D eigenvalue weighted by molar-refractivity contribution is 9.10. The van der Waals surface area contributed by atoms with Crippen molar-refractivity contribution in [2.45, 2.75) is 13.5 Å². The molecule has 0 aliphatic heterocycles. The molecule has 0 aliphatic carbocycles. The summed E-state index contributed by atoms with van der Waals surface area (Å²) in [5.41, 5.74) is 4.70. The van der Waals surface area contributed by atoms with E-state index in [1.54, 1.807) is 13.0 Å². The summed E-state index contributed by atoms with van der Waals surface area (Å²) in [5.74, 6) is 0.705. The van der Waals surface area contributed by atoms with E-state index in [4.69, 9.17) is 13.9 Å². The molecule has 3 rings (SSSR count). The van der Waals surface area contributed by atoms with E-state index in [9.17, 15) is 10.1 Å². The molecule has 164 valence electrons. The van der Waals surface area contributed by atoms with Crippen LogP contribution in [0.2, 0.25) is 0 Å². The van der Waals surface area contributed by atoms with Gasteiger partial charge in [-0.15, -0.1) is 0 Å². The predicted molar refractivity (Wildman–Crippen MR) is 125 cm³/mol. The second kappa shape index (κ2) is 11.0. The Morgan fingerprint density at radius 2 is 2.03 bits per heavy atom. The number of nitrogens with one attached hydrogen (secondary N) is 1. The minimum atomic E-state index is -0.513. The lowest BCUT2D eigenvalue weighted by Crippen LogP contribution is -2.25. The summed E-state index contributed by atoms with van der Waals surface area (Å²) in [6.07, 6.45) is 1.39. The van der Waals surface area contributed by atoms with E-state index < -0.39 is 5.91 Å². The Kier molecular flexibility index (Phi) is 8.16. The van der Waals surface area contributed by atoms with Crippen LogP contribution < -0.4 is 10.2 Å². The van der Waals surface area contributed by atoms with Gasteiger partial charge in [0.1, 0.15) is 23.2 Å². The van der Waals surface area contributed by atoms with Crippen LogP contribution in [0.5, 0.6) is 5.88 Å². The number of furan rings is 1. The van der Waals surface area contributed by atoms with Gasteiger partial charge in [-0.3, -0.25) is 4.79 Å². The van der Waals surface area contributed by atoms with Gasteiger partial charge in [-0.2, -0.15) is 10.4 Å². The minimum absolute atomic E-state index is 0.0598. The van der Waals surface area contributed by atoms with E-state index in [1.807, 2.05) is 30.3 Å². The van der Waals surface area contributed by atoms with Crippen molar-refractivity contribution in [3.8, 4) is 23.3 Å². The fraction of sp³-hybridized carbons (Fsp3) is 0.182. The number of halogens is 2. The third kappa shape index (κ3) is 5.82. The fourth-order valence-electron chi connectivity index (χ4n) is 2.74. The van der Waals surface area contributed by atoms with Gasteiger partial charge in [-0.25, -0.2) is 10.4 Å². The van der Waals surface area contributed by atoms with Gasteiger partial charge in [-0.05, 0) is 47.1 Å². The quantitative estimate of drug-likeness (QED) is 0.315. The summed E-state index contributed by atoms with van der Waals surface area (Å²) < 4.78 is 18.0. The minimum Gasteiger partial charge on any atom is -0.467 e. The molecular weight excluding hydrogens is 544 g/mol. The summed E-state index contributed by atoms with van der Waals surface area (Å²) in [5, 5.41) is 13.4. The third-order valence-corrected chi connectivity index (χ3v) is 5.83. The van der Waals surface area contributed by atoms with E-state index >= 15 is 0 Å². The maximum absolute atomic E-state index is 12.1. The zero-order chi connectivity index (χ0) is 23.1. The van der Waals surface area contributed by atoms with E-state index in [2.05, 4.69) is 53.4 Å². The second-order valence-corrected chi connectivity index (χ2v) is 8.21. The van der Waals surface area contributed by atoms with Crippen LogP contribution in [0.4, 0.5) is 0 Å². The van der Waals surface area contributed by atoms with Crippen molar-refractivity contribution in [1.29, 1.82) is 5.26 Å². The van der Waals surface area contributed by atoms with Crippen molar-refractivity contribution in [1.82, 2.24) is 10.4 Å².